The van der Waals surface area contributed by atoms with Crippen LogP contribution in [0.25, 0.3) is 11.3 Å². The Bertz CT molecular complexity index is 1110. The lowest BCUT2D eigenvalue weighted by atomic mass is 10.1. The van der Waals surface area contributed by atoms with E-state index in [-0.39, 0.29) is 24.8 Å². The highest BCUT2D eigenvalue weighted by atomic mass is 32.1. The number of hydrogen-bond donors (Lipinski definition) is 1. The van der Waals surface area contributed by atoms with Crippen LogP contribution in [0, 0.1) is 26.2 Å². The molecule has 0 unspecified atom stereocenters. The molecule has 6 heteroatoms. The van der Waals surface area contributed by atoms with Gasteiger partial charge in [0.15, 0.2) is 0 Å². The SMILES string of the molecule is C#Cc1cccc(NC(=O)CN(C)C(=O)Cc2sc(C)nc2-c2ccc(C)cc2)c1. The number of terminal acetylenes is 1. The molecular weight excluding hydrogens is 394 g/mol. The fourth-order valence-electron chi connectivity index (χ4n) is 2.99. The van der Waals surface area contributed by atoms with Gasteiger partial charge >= 0.3 is 0 Å². The number of thiazole rings is 1. The highest BCUT2D eigenvalue weighted by molar-refractivity contribution is 7.12. The highest BCUT2D eigenvalue weighted by Crippen LogP contribution is 2.29. The number of hydrogen-bond acceptors (Lipinski definition) is 4. The second kappa shape index (κ2) is 9.38. The largest absolute Gasteiger partial charge is 0.336 e. The molecule has 3 rings (SSSR count). The molecule has 0 aliphatic rings. The third kappa shape index (κ3) is 5.34. The van der Waals surface area contributed by atoms with Crippen LogP contribution in [-0.2, 0) is 16.0 Å². The minimum absolute atomic E-state index is 0.0449. The number of nitrogens with zero attached hydrogens (tertiary/aromatic N) is 2. The summed E-state index contributed by atoms with van der Waals surface area (Å²) >= 11 is 1.51. The second-order valence-corrected chi connectivity index (χ2v) is 8.36. The van der Waals surface area contributed by atoms with Crippen molar-refractivity contribution < 1.29 is 9.59 Å². The minimum atomic E-state index is -0.278. The maximum atomic E-state index is 12.7. The molecule has 0 atom stereocenters. The van der Waals surface area contributed by atoms with Gasteiger partial charge in [-0.3, -0.25) is 9.59 Å². The first-order valence-electron chi connectivity index (χ1n) is 9.49. The van der Waals surface area contributed by atoms with Crippen LogP contribution in [0.3, 0.4) is 0 Å². The summed E-state index contributed by atoms with van der Waals surface area (Å²) in [4.78, 5) is 32.0. The summed E-state index contributed by atoms with van der Waals surface area (Å²) in [5.74, 6) is 2.11. The summed E-state index contributed by atoms with van der Waals surface area (Å²) < 4.78 is 0. The average molecular weight is 418 g/mol. The van der Waals surface area contributed by atoms with Gasteiger partial charge in [-0.15, -0.1) is 17.8 Å². The van der Waals surface area contributed by atoms with Crippen molar-refractivity contribution in [1.82, 2.24) is 9.88 Å². The van der Waals surface area contributed by atoms with Gasteiger partial charge in [0.2, 0.25) is 11.8 Å². The monoisotopic (exact) mass is 417 g/mol. The summed E-state index contributed by atoms with van der Waals surface area (Å²) in [6.07, 6.45) is 5.59. The molecule has 0 bridgehead atoms. The van der Waals surface area contributed by atoms with E-state index < -0.39 is 0 Å². The van der Waals surface area contributed by atoms with Crippen LogP contribution in [0.5, 0.6) is 0 Å². The van der Waals surface area contributed by atoms with E-state index in [1.807, 2.05) is 38.1 Å². The van der Waals surface area contributed by atoms with Gasteiger partial charge < -0.3 is 10.2 Å². The molecule has 30 heavy (non-hydrogen) atoms. The maximum Gasteiger partial charge on any atom is 0.243 e. The molecule has 3 aromatic rings. The van der Waals surface area contributed by atoms with Gasteiger partial charge in [0.1, 0.15) is 0 Å². The van der Waals surface area contributed by atoms with Gasteiger partial charge in [-0.2, -0.15) is 0 Å². The number of aromatic nitrogens is 1. The third-order valence-corrected chi connectivity index (χ3v) is 5.53. The van der Waals surface area contributed by atoms with E-state index in [1.54, 1.807) is 31.3 Å². The topological polar surface area (TPSA) is 62.3 Å². The van der Waals surface area contributed by atoms with Crippen molar-refractivity contribution in [2.75, 3.05) is 18.9 Å². The fourth-order valence-corrected chi connectivity index (χ4v) is 3.94. The quantitative estimate of drug-likeness (QED) is 0.616. The Morgan fingerprint density at radius 2 is 1.90 bits per heavy atom. The molecular formula is C24H23N3O2S. The number of aryl methyl sites for hydroxylation is 2. The summed E-state index contributed by atoms with van der Waals surface area (Å²) in [5.41, 5.74) is 4.27. The van der Waals surface area contributed by atoms with Crippen LogP contribution < -0.4 is 5.32 Å². The number of amides is 2. The summed E-state index contributed by atoms with van der Waals surface area (Å²) in [6.45, 7) is 3.91. The molecule has 0 saturated carbocycles. The molecule has 0 aliphatic carbocycles. The van der Waals surface area contributed by atoms with E-state index in [1.165, 1.54) is 21.8 Å². The molecule has 152 valence electrons. The summed E-state index contributed by atoms with van der Waals surface area (Å²) in [7, 11) is 1.62. The predicted octanol–water partition coefficient (Wildman–Crippen LogP) is 4.05. The number of carbonyl (C=O) groups excluding carboxylic acids is 2. The van der Waals surface area contributed by atoms with Crippen molar-refractivity contribution in [2.24, 2.45) is 0 Å². The number of benzene rings is 2. The molecule has 0 aliphatic heterocycles. The summed E-state index contributed by atoms with van der Waals surface area (Å²) in [6, 6.07) is 15.1. The van der Waals surface area contributed by atoms with E-state index in [9.17, 15) is 9.59 Å². The first-order chi connectivity index (χ1) is 14.4. The maximum absolute atomic E-state index is 12.7. The van der Waals surface area contributed by atoms with Crippen LogP contribution in [0.4, 0.5) is 5.69 Å². The highest BCUT2D eigenvalue weighted by Gasteiger charge is 2.19. The smallest absolute Gasteiger partial charge is 0.243 e. The van der Waals surface area contributed by atoms with E-state index in [0.717, 1.165) is 21.1 Å². The van der Waals surface area contributed by atoms with Crippen LogP contribution >= 0.6 is 11.3 Å². The fraction of sp³-hybridized carbons (Fsp3) is 0.208. The van der Waals surface area contributed by atoms with Crippen molar-refractivity contribution in [3.63, 3.8) is 0 Å². The average Bonchev–Trinajstić information content (AvgIpc) is 3.08. The lowest BCUT2D eigenvalue weighted by molar-refractivity contribution is -0.132. The molecule has 0 fully saturated rings. The molecule has 5 nitrogen and oxygen atoms in total. The van der Waals surface area contributed by atoms with E-state index in [4.69, 9.17) is 6.42 Å². The molecule has 1 heterocycles. The first-order valence-corrected chi connectivity index (χ1v) is 10.3. The van der Waals surface area contributed by atoms with Gasteiger partial charge in [-0.25, -0.2) is 4.98 Å². The first kappa shape index (κ1) is 21.3. The number of anilines is 1. The number of rotatable bonds is 6. The standard InChI is InChI=1S/C24H23N3O2S/c1-5-18-7-6-8-20(13-18)26-22(28)15-27(4)23(29)14-21-24(25-17(3)30-21)19-11-9-16(2)10-12-19/h1,6-13H,14-15H2,2-4H3,(H,26,28). The Morgan fingerprint density at radius 1 is 1.17 bits per heavy atom. The second-order valence-electron chi connectivity index (χ2n) is 7.07. The van der Waals surface area contributed by atoms with Crippen molar-refractivity contribution in [3.8, 4) is 23.6 Å². The molecule has 0 saturated heterocycles. The number of carbonyl (C=O) groups is 2. The normalized spacial score (nSPS) is 10.3. The predicted molar refractivity (Wildman–Crippen MR) is 121 cm³/mol. The molecule has 0 radical (unpaired) electrons. The zero-order chi connectivity index (χ0) is 21.7. The Hall–Kier alpha value is -3.43. The summed E-state index contributed by atoms with van der Waals surface area (Å²) in [5, 5.41) is 3.68. The van der Waals surface area contributed by atoms with Crippen LogP contribution in [0.15, 0.2) is 48.5 Å². The zero-order valence-electron chi connectivity index (χ0n) is 17.2. The van der Waals surface area contributed by atoms with Crippen LogP contribution in [0.2, 0.25) is 0 Å². The minimum Gasteiger partial charge on any atom is -0.336 e. The molecule has 0 spiro atoms. The van der Waals surface area contributed by atoms with E-state index in [2.05, 4.69) is 16.2 Å². The van der Waals surface area contributed by atoms with Crippen molar-refractivity contribution in [2.45, 2.75) is 20.3 Å². The van der Waals surface area contributed by atoms with Gasteiger partial charge in [-0.1, -0.05) is 41.8 Å². The van der Waals surface area contributed by atoms with E-state index in [0.29, 0.717) is 11.3 Å². The van der Waals surface area contributed by atoms with E-state index >= 15 is 0 Å². The Labute approximate surface area is 180 Å². The zero-order valence-corrected chi connectivity index (χ0v) is 18.0. The lowest BCUT2D eigenvalue weighted by Crippen LogP contribution is -2.35. The van der Waals surface area contributed by atoms with Gasteiger partial charge in [0.25, 0.3) is 0 Å². The van der Waals surface area contributed by atoms with Crippen LogP contribution in [0.1, 0.15) is 21.0 Å². The molecule has 1 aromatic heterocycles. The molecule has 2 amide bonds. The Kier molecular flexibility index (Phi) is 6.65. The van der Waals surface area contributed by atoms with Crippen molar-refractivity contribution >= 4 is 28.8 Å². The Balaban J connectivity index is 1.65. The molecule has 1 N–H and O–H groups in total. The number of nitrogens with one attached hydrogen (secondary N) is 1. The number of likely N-dealkylation sites (N-methyl/N-ethyl adjacent to an activating group) is 1. The van der Waals surface area contributed by atoms with Gasteiger partial charge in [0, 0.05) is 28.7 Å². The van der Waals surface area contributed by atoms with Gasteiger partial charge in [0.05, 0.1) is 23.7 Å². The lowest BCUT2D eigenvalue weighted by Gasteiger charge is -2.17. The van der Waals surface area contributed by atoms with Crippen molar-refractivity contribution in [1.29, 1.82) is 0 Å². The molecule has 2 aromatic carbocycles. The third-order valence-electron chi connectivity index (χ3n) is 4.56. The van der Waals surface area contributed by atoms with Gasteiger partial charge in [-0.05, 0) is 32.0 Å². The van der Waals surface area contributed by atoms with Crippen molar-refractivity contribution in [3.05, 3.63) is 69.5 Å². The Morgan fingerprint density at radius 3 is 2.60 bits per heavy atom. The van der Waals surface area contributed by atoms with Crippen LogP contribution in [-0.4, -0.2) is 35.3 Å².